The van der Waals surface area contributed by atoms with Crippen molar-refractivity contribution in [1.29, 1.82) is 0 Å². The number of nitrogens with zero attached hydrogens (tertiary/aromatic N) is 3. The number of piperidine rings is 1. The molecule has 0 bridgehead atoms. The largest absolute Gasteiger partial charge is 0.478 e. The van der Waals surface area contributed by atoms with E-state index in [9.17, 15) is 18.8 Å². The number of hydrogen-bond acceptors (Lipinski definition) is 5. The monoisotopic (exact) mass is 573 g/mol. The molecule has 0 aromatic heterocycles. The molecule has 1 fully saturated rings. The molecule has 2 heterocycles. The van der Waals surface area contributed by atoms with E-state index in [0.29, 0.717) is 18.1 Å². The molecule has 0 atom stereocenters. The summed E-state index contributed by atoms with van der Waals surface area (Å²) in [6, 6.07) is 25.2. The van der Waals surface area contributed by atoms with E-state index in [2.05, 4.69) is 40.1 Å². The highest BCUT2D eigenvalue weighted by Gasteiger charge is 2.30. The van der Waals surface area contributed by atoms with Gasteiger partial charge < -0.3 is 24.9 Å². The summed E-state index contributed by atoms with van der Waals surface area (Å²) in [6.45, 7) is 6.40. The number of aliphatic carboxylic acids is 2. The van der Waals surface area contributed by atoms with Gasteiger partial charge in [0, 0.05) is 56.1 Å². The fourth-order valence-corrected chi connectivity index (χ4v) is 5.33. The molecule has 1 saturated heterocycles. The Labute approximate surface area is 245 Å². The van der Waals surface area contributed by atoms with Gasteiger partial charge in [0.1, 0.15) is 5.82 Å². The molecule has 1 amide bonds. The summed E-state index contributed by atoms with van der Waals surface area (Å²) >= 11 is 0. The van der Waals surface area contributed by atoms with E-state index in [1.807, 2.05) is 41.3 Å². The van der Waals surface area contributed by atoms with Gasteiger partial charge in [-0.15, -0.1) is 0 Å². The van der Waals surface area contributed by atoms with E-state index in [1.165, 1.54) is 17.7 Å². The third-order valence-electron chi connectivity index (χ3n) is 7.54. The lowest BCUT2D eigenvalue weighted by Gasteiger charge is -2.35. The molecular weight excluding hydrogens is 537 g/mol. The molecule has 2 aliphatic rings. The standard InChI is InChI=1S/C29H32FN3O.C4H4O4/c30-26-10-12-27(13-11-26)32(20-23-6-2-1-3-7-23)19-18-31-16-14-24(15-17-31)21-33-22-25-8-4-5-9-28(25)29(33)34;5-3(6)1-2-4(7)8/h1-13,24H,14-22H2;1-2H,(H,5,6)(H,7,8)/b;2-1+. The summed E-state index contributed by atoms with van der Waals surface area (Å²) < 4.78 is 13.5. The second-order valence-electron chi connectivity index (χ2n) is 10.5. The summed E-state index contributed by atoms with van der Waals surface area (Å²) in [4.78, 5) is 38.7. The predicted molar refractivity (Wildman–Crippen MR) is 159 cm³/mol. The molecule has 3 aromatic rings. The summed E-state index contributed by atoms with van der Waals surface area (Å²) in [5, 5.41) is 15.6. The average Bonchev–Trinajstić information content (AvgIpc) is 3.31. The molecular formula is C33H36FN3O5. The Kier molecular flexibility index (Phi) is 10.8. The van der Waals surface area contributed by atoms with Crippen molar-refractivity contribution in [2.24, 2.45) is 5.92 Å². The zero-order chi connectivity index (χ0) is 29.9. The minimum absolute atomic E-state index is 0.189. The van der Waals surface area contributed by atoms with Crippen molar-refractivity contribution in [2.75, 3.05) is 37.6 Å². The third-order valence-corrected chi connectivity index (χ3v) is 7.54. The number of carbonyl (C=O) groups is 3. The molecule has 9 heteroatoms. The van der Waals surface area contributed by atoms with Gasteiger partial charge in [-0.05, 0) is 73.3 Å². The summed E-state index contributed by atoms with van der Waals surface area (Å²) in [5.74, 6) is -1.97. The Bertz CT molecular complexity index is 1360. The summed E-state index contributed by atoms with van der Waals surface area (Å²) in [5.41, 5.74) is 4.33. The first kappa shape index (κ1) is 30.5. The van der Waals surface area contributed by atoms with Crippen LogP contribution in [0, 0.1) is 11.7 Å². The van der Waals surface area contributed by atoms with E-state index in [4.69, 9.17) is 10.2 Å². The first-order valence-corrected chi connectivity index (χ1v) is 14.1. The molecule has 0 unspecified atom stereocenters. The fraction of sp³-hybridized carbons (Fsp3) is 0.303. The minimum atomic E-state index is -1.26. The Balaban J connectivity index is 0.000000446. The number of carboxylic acid groups (broad SMARTS) is 2. The van der Waals surface area contributed by atoms with E-state index < -0.39 is 11.9 Å². The van der Waals surface area contributed by atoms with Crippen LogP contribution < -0.4 is 4.90 Å². The number of anilines is 1. The average molecular weight is 574 g/mol. The molecule has 42 heavy (non-hydrogen) atoms. The molecule has 2 N–H and O–H groups in total. The van der Waals surface area contributed by atoms with Crippen molar-refractivity contribution in [2.45, 2.75) is 25.9 Å². The SMILES string of the molecule is O=C(O)/C=C/C(=O)O.O=C1c2ccccc2CN1CC1CCN(CCN(Cc2ccccc2)c2ccc(F)cc2)CC1. The smallest absolute Gasteiger partial charge is 0.328 e. The lowest BCUT2D eigenvalue weighted by atomic mass is 9.96. The highest BCUT2D eigenvalue weighted by Crippen LogP contribution is 2.26. The number of fused-ring (bicyclic) bond motifs is 1. The van der Waals surface area contributed by atoms with Crippen molar-refractivity contribution < 1.29 is 29.0 Å². The zero-order valence-corrected chi connectivity index (χ0v) is 23.4. The number of halogens is 1. The Morgan fingerprint density at radius 2 is 1.50 bits per heavy atom. The Morgan fingerprint density at radius 3 is 2.12 bits per heavy atom. The van der Waals surface area contributed by atoms with Crippen LogP contribution in [-0.2, 0) is 22.7 Å². The van der Waals surface area contributed by atoms with Crippen LogP contribution in [0.15, 0.2) is 91.0 Å². The number of carboxylic acids is 2. The third kappa shape index (κ3) is 9.01. The molecule has 0 spiro atoms. The maximum atomic E-state index is 13.5. The van der Waals surface area contributed by atoms with Gasteiger partial charge in [0.05, 0.1) is 0 Å². The lowest BCUT2D eigenvalue weighted by Crippen LogP contribution is -2.42. The molecule has 8 nitrogen and oxygen atoms in total. The lowest BCUT2D eigenvalue weighted by molar-refractivity contribution is -0.134. The maximum Gasteiger partial charge on any atom is 0.328 e. The zero-order valence-electron chi connectivity index (χ0n) is 23.4. The highest BCUT2D eigenvalue weighted by molar-refractivity contribution is 5.98. The van der Waals surface area contributed by atoms with Gasteiger partial charge in [-0.1, -0.05) is 48.5 Å². The molecule has 2 aliphatic heterocycles. The number of carbonyl (C=O) groups excluding carboxylic acids is 1. The van der Waals surface area contributed by atoms with E-state index >= 15 is 0 Å². The van der Waals surface area contributed by atoms with Gasteiger partial charge >= 0.3 is 11.9 Å². The molecule has 5 rings (SSSR count). The normalized spacial score (nSPS) is 15.3. The van der Waals surface area contributed by atoms with Gasteiger partial charge in [0.2, 0.25) is 0 Å². The van der Waals surface area contributed by atoms with Crippen LogP contribution in [-0.4, -0.2) is 70.6 Å². The molecule has 0 aliphatic carbocycles. The van der Waals surface area contributed by atoms with Crippen molar-refractivity contribution in [1.82, 2.24) is 9.80 Å². The molecule has 3 aromatic carbocycles. The first-order valence-electron chi connectivity index (χ1n) is 14.1. The summed E-state index contributed by atoms with van der Waals surface area (Å²) in [6.07, 6.45) is 3.36. The van der Waals surface area contributed by atoms with Crippen molar-refractivity contribution in [3.05, 3.63) is 114 Å². The molecule has 0 saturated carbocycles. The van der Waals surface area contributed by atoms with Crippen molar-refractivity contribution >= 4 is 23.5 Å². The van der Waals surface area contributed by atoms with Gasteiger partial charge in [-0.2, -0.15) is 0 Å². The Morgan fingerprint density at radius 1 is 0.881 bits per heavy atom. The summed E-state index contributed by atoms with van der Waals surface area (Å²) in [7, 11) is 0. The van der Waals surface area contributed by atoms with Gasteiger partial charge in [0.25, 0.3) is 5.91 Å². The van der Waals surface area contributed by atoms with Crippen LogP contribution in [0.5, 0.6) is 0 Å². The van der Waals surface area contributed by atoms with Crippen LogP contribution in [0.4, 0.5) is 10.1 Å². The van der Waals surface area contributed by atoms with E-state index in [0.717, 1.165) is 75.5 Å². The van der Waals surface area contributed by atoms with Crippen LogP contribution in [0.2, 0.25) is 0 Å². The molecule has 0 radical (unpaired) electrons. The number of likely N-dealkylation sites (tertiary alicyclic amines) is 1. The number of amides is 1. The highest BCUT2D eigenvalue weighted by atomic mass is 19.1. The van der Waals surface area contributed by atoms with Crippen LogP contribution in [0.25, 0.3) is 0 Å². The Hall–Kier alpha value is -4.50. The molecule has 220 valence electrons. The van der Waals surface area contributed by atoms with Gasteiger partial charge in [-0.3, -0.25) is 4.79 Å². The first-order chi connectivity index (χ1) is 20.3. The van der Waals surface area contributed by atoms with E-state index in [1.54, 1.807) is 0 Å². The predicted octanol–water partition coefficient (Wildman–Crippen LogP) is 4.91. The van der Waals surface area contributed by atoms with E-state index in [-0.39, 0.29) is 11.7 Å². The fourth-order valence-electron chi connectivity index (χ4n) is 5.33. The second kappa shape index (κ2) is 14.9. The second-order valence-corrected chi connectivity index (χ2v) is 10.5. The number of rotatable bonds is 10. The van der Waals surface area contributed by atoms with Crippen LogP contribution >= 0.6 is 0 Å². The van der Waals surface area contributed by atoms with Crippen LogP contribution in [0.1, 0.15) is 34.3 Å². The maximum absolute atomic E-state index is 13.5. The van der Waals surface area contributed by atoms with Crippen molar-refractivity contribution in [3.63, 3.8) is 0 Å². The topological polar surface area (TPSA) is 101 Å². The van der Waals surface area contributed by atoms with Crippen LogP contribution in [0.3, 0.4) is 0 Å². The quantitative estimate of drug-likeness (QED) is 0.332. The number of benzene rings is 3. The van der Waals surface area contributed by atoms with Gasteiger partial charge in [0.15, 0.2) is 0 Å². The van der Waals surface area contributed by atoms with Crippen molar-refractivity contribution in [3.8, 4) is 0 Å². The minimum Gasteiger partial charge on any atom is -0.478 e. The number of hydrogen-bond donors (Lipinski definition) is 2. The van der Waals surface area contributed by atoms with Gasteiger partial charge in [-0.25, -0.2) is 14.0 Å².